The Labute approximate surface area is 187 Å². The molecular formula is C24H27N3O3S. The second-order valence-electron chi connectivity index (χ2n) is 7.23. The first-order chi connectivity index (χ1) is 14.9. The third-order valence-corrected chi connectivity index (χ3v) is 5.68. The average Bonchev–Trinajstić information content (AvgIpc) is 3.04. The number of aryl methyl sites for hydroxylation is 2. The van der Waals surface area contributed by atoms with Gasteiger partial charge in [0.15, 0.2) is 5.17 Å². The lowest BCUT2D eigenvalue weighted by Crippen LogP contribution is -2.29. The Kier molecular flexibility index (Phi) is 7.65. The Morgan fingerprint density at radius 1 is 1.19 bits per heavy atom. The van der Waals surface area contributed by atoms with Crippen molar-refractivity contribution in [3.8, 4) is 5.75 Å². The smallest absolute Gasteiger partial charge is 0.325 e. The quantitative estimate of drug-likeness (QED) is 0.397. The molecule has 31 heavy (non-hydrogen) atoms. The second kappa shape index (κ2) is 10.4. The number of amides is 1. The molecule has 0 saturated carbocycles. The van der Waals surface area contributed by atoms with Crippen LogP contribution in [-0.2, 0) is 9.59 Å². The summed E-state index contributed by atoms with van der Waals surface area (Å²) >= 11 is 1.39. The standard InChI is InChI=1S/C24H27N3O3S/c1-5-12-26-24-27(19-9-7-6-8-16(19)2)23(29)21(31-24)14-18-10-11-20(17(3)13-18)30-22(28)15-25-4/h6-11,13-14,25H,5,12,15H2,1-4H3/b21-14-,26-24?. The number of benzene rings is 2. The summed E-state index contributed by atoms with van der Waals surface area (Å²) in [5.41, 5.74) is 3.56. The van der Waals surface area contributed by atoms with Gasteiger partial charge in [0.1, 0.15) is 5.75 Å². The van der Waals surface area contributed by atoms with Crippen LogP contribution in [0.4, 0.5) is 5.69 Å². The lowest BCUT2D eigenvalue weighted by atomic mass is 10.1. The Balaban J connectivity index is 1.90. The fraction of sp³-hybridized carbons (Fsp3) is 0.292. The fourth-order valence-electron chi connectivity index (χ4n) is 3.14. The molecule has 0 unspecified atom stereocenters. The summed E-state index contributed by atoms with van der Waals surface area (Å²) in [7, 11) is 1.69. The summed E-state index contributed by atoms with van der Waals surface area (Å²) in [4.78, 5) is 32.0. The third-order valence-electron chi connectivity index (χ3n) is 4.68. The maximum atomic E-state index is 13.3. The topological polar surface area (TPSA) is 71.0 Å². The number of aliphatic imine (C=N–C) groups is 1. The van der Waals surface area contributed by atoms with E-state index in [0.717, 1.165) is 28.8 Å². The Bertz CT molecular complexity index is 1050. The van der Waals surface area contributed by atoms with E-state index in [0.29, 0.717) is 22.4 Å². The number of ether oxygens (including phenoxy) is 1. The number of carbonyl (C=O) groups excluding carboxylic acids is 2. The molecule has 1 saturated heterocycles. The number of esters is 1. The highest BCUT2D eigenvalue weighted by molar-refractivity contribution is 8.19. The van der Waals surface area contributed by atoms with E-state index in [1.807, 2.05) is 56.3 Å². The minimum Gasteiger partial charge on any atom is -0.425 e. The van der Waals surface area contributed by atoms with Crippen molar-refractivity contribution in [2.24, 2.45) is 4.99 Å². The van der Waals surface area contributed by atoms with E-state index in [1.54, 1.807) is 18.0 Å². The first kappa shape index (κ1) is 22.8. The summed E-state index contributed by atoms with van der Waals surface area (Å²) in [5.74, 6) is 0.0831. The number of amidine groups is 1. The van der Waals surface area contributed by atoms with Gasteiger partial charge in [0, 0.05) is 6.54 Å². The number of nitrogens with zero attached hydrogens (tertiary/aromatic N) is 2. The zero-order chi connectivity index (χ0) is 22.4. The van der Waals surface area contributed by atoms with E-state index in [1.165, 1.54) is 11.8 Å². The summed E-state index contributed by atoms with van der Waals surface area (Å²) < 4.78 is 5.36. The van der Waals surface area contributed by atoms with Crippen molar-refractivity contribution in [3.63, 3.8) is 0 Å². The van der Waals surface area contributed by atoms with Crippen molar-refractivity contribution in [3.05, 3.63) is 64.1 Å². The molecule has 1 aliphatic heterocycles. The largest absolute Gasteiger partial charge is 0.425 e. The van der Waals surface area contributed by atoms with E-state index in [9.17, 15) is 9.59 Å². The van der Waals surface area contributed by atoms with E-state index in [2.05, 4.69) is 17.2 Å². The summed E-state index contributed by atoms with van der Waals surface area (Å²) in [6.45, 7) is 6.74. The minimum absolute atomic E-state index is 0.0867. The predicted molar refractivity (Wildman–Crippen MR) is 128 cm³/mol. The molecule has 3 rings (SSSR count). The SMILES string of the molecule is CCCN=C1S/C(=C\c2ccc(OC(=O)CNC)c(C)c2)C(=O)N1c1ccccc1C. The number of carbonyl (C=O) groups is 2. The number of rotatable bonds is 7. The van der Waals surface area contributed by atoms with Crippen molar-refractivity contribution in [1.82, 2.24) is 5.32 Å². The summed E-state index contributed by atoms with van der Waals surface area (Å²) in [6, 6.07) is 13.3. The van der Waals surface area contributed by atoms with Gasteiger partial charge in [-0.05, 0) is 80.0 Å². The Morgan fingerprint density at radius 2 is 1.97 bits per heavy atom. The lowest BCUT2D eigenvalue weighted by molar-refractivity contribution is -0.133. The Morgan fingerprint density at radius 3 is 2.65 bits per heavy atom. The van der Waals surface area contributed by atoms with Crippen LogP contribution in [0.1, 0.15) is 30.0 Å². The third kappa shape index (κ3) is 5.42. The summed E-state index contributed by atoms with van der Waals surface area (Å²) in [5, 5.41) is 3.47. The van der Waals surface area contributed by atoms with E-state index < -0.39 is 0 Å². The molecule has 0 aromatic heterocycles. The molecule has 2 aromatic rings. The van der Waals surface area contributed by atoms with Gasteiger partial charge in [-0.2, -0.15) is 0 Å². The first-order valence-electron chi connectivity index (χ1n) is 10.2. The van der Waals surface area contributed by atoms with Crippen LogP contribution >= 0.6 is 11.8 Å². The van der Waals surface area contributed by atoms with Gasteiger partial charge in [-0.15, -0.1) is 0 Å². The monoisotopic (exact) mass is 437 g/mol. The molecule has 2 aromatic carbocycles. The predicted octanol–water partition coefficient (Wildman–Crippen LogP) is 4.32. The van der Waals surface area contributed by atoms with Crippen LogP contribution in [0.5, 0.6) is 5.75 Å². The zero-order valence-corrected chi connectivity index (χ0v) is 19.1. The number of para-hydroxylation sites is 1. The van der Waals surface area contributed by atoms with Crippen LogP contribution in [0.2, 0.25) is 0 Å². The molecule has 0 radical (unpaired) electrons. The van der Waals surface area contributed by atoms with Gasteiger partial charge >= 0.3 is 5.97 Å². The van der Waals surface area contributed by atoms with Gasteiger partial charge in [-0.1, -0.05) is 31.2 Å². The highest BCUT2D eigenvalue weighted by Crippen LogP contribution is 2.37. The van der Waals surface area contributed by atoms with Crippen LogP contribution in [0.25, 0.3) is 6.08 Å². The molecule has 1 heterocycles. The van der Waals surface area contributed by atoms with E-state index in [4.69, 9.17) is 4.74 Å². The van der Waals surface area contributed by atoms with Gasteiger partial charge < -0.3 is 10.1 Å². The van der Waals surface area contributed by atoms with Crippen molar-refractivity contribution >= 4 is 40.6 Å². The molecular weight excluding hydrogens is 410 g/mol. The number of anilines is 1. The maximum absolute atomic E-state index is 13.3. The number of nitrogens with one attached hydrogen (secondary N) is 1. The van der Waals surface area contributed by atoms with Crippen molar-refractivity contribution in [2.75, 3.05) is 25.0 Å². The van der Waals surface area contributed by atoms with Crippen LogP contribution in [-0.4, -0.2) is 37.2 Å². The average molecular weight is 438 g/mol. The van der Waals surface area contributed by atoms with E-state index >= 15 is 0 Å². The van der Waals surface area contributed by atoms with Crippen molar-refractivity contribution < 1.29 is 14.3 Å². The van der Waals surface area contributed by atoms with Crippen LogP contribution in [0, 0.1) is 13.8 Å². The molecule has 0 bridgehead atoms. The van der Waals surface area contributed by atoms with Gasteiger partial charge in [-0.25, -0.2) is 0 Å². The summed E-state index contributed by atoms with van der Waals surface area (Å²) in [6.07, 6.45) is 2.77. The molecule has 7 heteroatoms. The normalized spacial score (nSPS) is 16.4. The number of likely N-dealkylation sites (N-methyl/N-ethyl adjacent to an activating group) is 1. The van der Waals surface area contributed by atoms with Crippen molar-refractivity contribution in [2.45, 2.75) is 27.2 Å². The molecule has 0 atom stereocenters. The fourth-order valence-corrected chi connectivity index (χ4v) is 4.14. The number of thioether (sulfide) groups is 1. The first-order valence-corrected chi connectivity index (χ1v) is 11.1. The van der Waals surface area contributed by atoms with Crippen LogP contribution in [0.3, 0.4) is 0 Å². The van der Waals surface area contributed by atoms with Gasteiger partial charge in [0.05, 0.1) is 17.1 Å². The highest BCUT2D eigenvalue weighted by Gasteiger charge is 2.35. The van der Waals surface area contributed by atoms with Gasteiger partial charge in [0.25, 0.3) is 5.91 Å². The Hall–Kier alpha value is -2.90. The molecule has 0 aliphatic carbocycles. The molecule has 1 aliphatic rings. The molecule has 162 valence electrons. The van der Waals surface area contributed by atoms with E-state index in [-0.39, 0.29) is 18.4 Å². The molecule has 1 amide bonds. The zero-order valence-electron chi connectivity index (χ0n) is 18.3. The number of hydrogen-bond acceptors (Lipinski definition) is 6. The molecule has 1 fully saturated rings. The molecule has 1 N–H and O–H groups in total. The van der Waals surface area contributed by atoms with Crippen molar-refractivity contribution in [1.29, 1.82) is 0 Å². The van der Waals surface area contributed by atoms with Gasteiger partial charge in [-0.3, -0.25) is 19.5 Å². The van der Waals surface area contributed by atoms with Gasteiger partial charge in [0.2, 0.25) is 0 Å². The highest BCUT2D eigenvalue weighted by atomic mass is 32.2. The maximum Gasteiger partial charge on any atom is 0.325 e. The molecule has 0 spiro atoms. The van der Waals surface area contributed by atoms with Crippen LogP contribution < -0.4 is 15.0 Å². The molecule has 6 nitrogen and oxygen atoms in total. The number of hydrogen-bond donors (Lipinski definition) is 1. The lowest BCUT2D eigenvalue weighted by Gasteiger charge is -2.18. The minimum atomic E-state index is -0.344. The van der Waals surface area contributed by atoms with Crippen LogP contribution in [0.15, 0.2) is 52.4 Å². The second-order valence-corrected chi connectivity index (χ2v) is 8.24.